The Morgan fingerprint density at radius 1 is 1.00 bits per heavy atom. The van der Waals surface area contributed by atoms with Crippen molar-refractivity contribution in [3.8, 4) is 0 Å². The molecule has 0 bridgehead atoms. The highest BCUT2D eigenvalue weighted by molar-refractivity contribution is 5.68. The molecule has 140 valence electrons. The molecule has 0 aromatic heterocycles. The molecule has 0 saturated carbocycles. The molecule has 1 rings (SSSR count). The zero-order valence-corrected chi connectivity index (χ0v) is 14.4. The number of hydrogen-bond acceptors (Lipinski definition) is 9. The van der Waals surface area contributed by atoms with Gasteiger partial charge in [-0.1, -0.05) is 5.11 Å². The maximum Gasteiger partial charge on any atom is 0.303 e. The smallest absolute Gasteiger partial charge is 0.303 e. The second kappa shape index (κ2) is 9.82. The first-order chi connectivity index (χ1) is 11.8. The maximum atomic E-state index is 11.4. The number of azide groups is 1. The zero-order chi connectivity index (χ0) is 19.0. The Bertz CT molecular complexity index is 548. The molecule has 0 aromatic carbocycles. The lowest BCUT2D eigenvalue weighted by Crippen LogP contribution is -2.61. The van der Waals surface area contributed by atoms with E-state index < -0.39 is 48.6 Å². The summed E-state index contributed by atoms with van der Waals surface area (Å²) >= 11 is 0. The molecule has 0 aliphatic carbocycles. The van der Waals surface area contributed by atoms with Gasteiger partial charge in [0.25, 0.3) is 0 Å². The van der Waals surface area contributed by atoms with Gasteiger partial charge in [-0.25, -0.2) is 0 Å². The molecule has 11 nitrogen and oxygen atoms in total. The van der Waals surface area contributed by atoms with E-state index in [9.17, 15) is 14.4 Å². The number of esters is 3. The molecule has 1 fully saturated rings. The molecule has 0 N–H and O–H groups in total. The van der Waals surface area contributed by atoms with Gasteiger partial charge in [0.1, 0.15) is 0 Å². The Balaban J connectivity index is 3.04. The van der Waals surface area contributed by atoms with E-state index in [0.717, 1.165) is 0 Å². The summed E-state index contributed by atoms with van der Waals surface area (Å²) in [5.41, 5.74) is 8.27. The summed E-state index contributed by atoms with van der Waals surface area (Å²) in [6.45, 7) is 5.15. The molecule has 11 heteroatoms. The number of nitrogens with zero attached hydrogens (tertiary/aromatic N) is 3. The summed E-state index contributed by atoms with van der Waals surface area (Å²) in [7, 11) is 0. The number of hydrogen-bond donors (Lipinski definition) is 0. The second-order valence-corrected chi connectivity index (χ2v) is 5.26. The van der Waals surface area contributed by atoms with Crippen LogP contribution in [0.1, 0.15) is 27.7 Å². The van der Waals surface area contributed by atoms with Crippen LogP contribution >= 0.6 is 0 Å². The summed E-state index contributed by atoms with van der Waals surface area (Å²) in [6.07, 6.45) is -5.05. The molecule has 0 radical (unpaired) electrons. The maximum absolute atomic E-state index is 11.4. The molecule has 1 saturated heterocycles. The van der Waals surface area contributed by atoms with Crippen LogP contribution in [0, 0.1) is 0 Å². The largest absolute Gasteiger partial charge is 0.456 e. The van der Waals surface area contributed by atoms with E-state index in [1.807, 2.05) is 0 Å². The minimum Gasteiger partial charge on any atom is -0.456 e. The van der Waals surface area contributed by atoms with Gasteiger partial charge in [-0.2, -0.15) is 0 Å². The van der Waals surface area contributed by atoms with E-state index in [2.05, 4.69) is 10.0 Å². The van der Waals surface area contributed by atoms with Crippen LogP contribution in [0.25, 0.3) is 10.4 Å². The summed E-state index contributed by atoms with van der Waals surface area (Å²) < 4.78 is 26.6. The van der Waals surface area contributed by atoms with Crippen molar-refractivity contribution >= 4 is 17.9 Å². The first-order valence-electron chi connectivity index (χ1n) is 7.55. The minimum atomic E-state index is -1.16. The van der Waals surface area contributed by atoms with Gasteiger partial charge in [0.05, 0.1) is 12.7 Å². The first kappa shape index (κ1) is 20.7. The van der Waals surface area contributed by atoms with E-state index in [1.54, 1.807) is 6.92 Å². The Hall–Kier alpha value is -2.36. The molecule has 25 heavy (non-hydrogen) atoms. The molecule has 0 spiro atoms. The Kier molecular flexibility index (Phi) is 8.12. The summed E-state index contributed by atoms with van der Waals surface area (Å²) in [5, 5.41) is 3.32. The van der Waals surface area contributed by atoms with Crippen molar-refractivity contribution in [1.82, 2.24) is 0 Å². The summed E-state index contributed by atoms with van der Waals surface area (Å²) in [6, 6.07) is 0. The fourth-order valence-corrected chi connectivity index (χ4v) is 2.36. The van der Waals surface area contributed by atoms with Gasteiger partial charge in [-0.15, -0.1) is 0 Å². The van der Waals surface area contributed by atoms with Crippen molar-refractivity contribution in [2.45, 2.75) is 58.4 Å². The fraction of sp³-hybridized carbons (Fsp3) is 0.786. The topological polar surface area (TPSA) is 146 Å². The Morgan fingerprint density at radius 2 is 1.52 bits per heavy atom. The SMILES string of the molecule is CC(=O)OC1C(C)OC(OCCN=[N+]=[N-])C(OC(C)=O)C1OC(C)=O. The van der Waals surface area contributed by atoms with Gasteiger partial charge in [-0.3, -0.25) is 14.4 Å². The average molecular weight is 359 g/mol. The van der Waals surface area contributed by atoms with Crippen LogP contribution in [-0.2, 0) is 38.1 Å². The van der Waals surface area contributed by atoms with Crippen LogP contribution in [-0.4, -0.2) is 61.8 Å². The summed E-state index contributed by atoms with van der Waals surface area (Å²) in [4.78, 5) is 36.8. The van der Waals surface area contributed by atoms with Crippen LogP contribution in [0.5, 0.6) is 0 Å². The van der Waals surface area contributed by atoms with Gasteiger partial charge in [0.15, 0.2) is 24.6 Å². The van der Waals surface area contributed by atoms with Crippen LogP contribution in [0.2, 0.25) is 0 Å². The van der Waals surface area contributed by atoms with Crippen LogP contribution in [0.4, 0.5) is 0 Å². The zero-order valence-electron chi connectivity index (χ0n) is 14.4. The van der Waals surface area contributed by atoms with E-state index in [0.29, 0.717) is 0 Å². The van der Waals surface area contributed by atoms with E-state index in [4.69, 9.17) is 29.2 Å². The van der Waals surface area contributed by atoms with Gasteiger partial charge in [0, 0.05) is 32.2 Å². The molecule has 5 unspecified atom stereocenters. The van der Waals surface area contributed by atoms with Crippen molar-refractivity contribution in [2.75, 3.05) is 13.2 Å². The van der Waals surface area contributed by atoms with E-state index in [1.165, 1.54) is 20.8 Å². The molecule has 5 atom stereocenters. The lowest BCUT2D eigenvalue weighted by Gasteiger charge is -2.43. The molecule has 0 aromatic rings. The molecule has 1 heterocycles. The predicted octanol–water partition coefficient (Wildman–Crippen LogP) is 0.853. The van der Waals surface area contributed by atoms with E-state index in [-0.39, 0.29) is 13.2 Å². The second-order valence-electron chi connectivity index (χ2n) is 5.26. The average Bonchev–Trinajstić information content (AvgIpc) is 2.49. The third-order valence-electron chi connectivity index (χ3n) is 3.17. The molecule has 1 aliphatic rings. The van der Waals surface area contributed by atoms with Crippen molar-refractivity contribution in [2.24, 2.45) is 5.11 Å². The lowest BCUT2D eigenvalue weighted by molar-refractivity contribution is -0.300. The quantitative estimate of drug-likeness (QED) is 0.162. The Labute approximate surface area is 144 Å². The third kappa shape index (κ3) is 6.57. The van der Waals surface area contributed by atoms with Gasteiger partial charge >= 0.3 is 17.9 Å². The number of carbonyl (C=O) groups excluding carboxylic acids is 3. The van der Waals surface area contributed by atoms with E-state index >= 15 is 0 Å². The van der Waals surface area contributed by atoms with Gasteiger partial charge in [0.2, 0.25) is 0 Å². The Morgan fingerprint density at radius 3 is 2.04 bits per heavy atom. The monoisotopic (exact) mass is 359 g/mol. The summed E-state index contributed by atoms with van der Waals surface area (Å²) in [5.74, 6) is -1.92. The molecular formula is C14H21N3O8. The molecule has 0 amide bonds. The molecular weight excluding hydrogens is 338 g/mol. The third-order valence-corrected chi connectivity index (χ3v) is 3.17. The fourth-order valence-electron chi connectivity index (χ4n) is 2.36. The van der Waals surface area contributed by atoms with Crippen molar-refractivity contribution < 1.29 is 38.1 Å². The highest BCUT2D eigenvalue weighted by atomic mass is 16.7. The highest BCUT2D eigenvalue weighted by Gasteiger charge is 2.50. The van der Waals surface area contributed by atoms with Crippen LogP contribution < -0.4 is 0 Å². The standard InChI is InChI=1S/C14H21N3O8/c1-7-11(23-8(2)18)12(24-9(3)19)13(25-10(4)20)14(22-7)21-6-5-16-17-15/h7,11-14H,5-6H2,1-4H3. The minimum absolute atomic E-state index is 0.00969. The van der Waals surface area contributed by atoms with Crippen molar-refractivity contribution in [3.63, 3.8) is 0 Å². The van der Waals surface area contributed by atoms with Crippen LogP contribution in [0.3, 0.4) is 0 Å². The first-order valence-corrected chi connectivity index (χ1v) is 7.55. The van der Waals surface area contributed by atoms with Gasteiger partial charge < -0.3 is 23.7 Å². The number of ether oxygens (including phenoxy) is 5. The number of rotatable bonds is 7. The van der Waals surface area contributed by atoms with Crippen LogP contribution in [0.15, 0.2) is 5.11 Å². The highest BCUT2D eigenvalue weighted by Crippen LogP contribution is 2.29. The predicted molar refractivity (Wildman–Crippen MR) is 81.0 cm³/mol. The normalized spacial score (nSPS) is 28.4. The van der Waals surface area contributed by atoms with Crippen molar-refractivity contribution in [1.29, 1.82) is 0 Å². The van der Waals surface area contributed by atoms with Gasteiger partial charge in [-0.05, 0) is 12.5 Å². The van der Waals surface area contributed by atoms with Crippen molar-refractivity contribution in [3.05, 3.63) is 10.4 Å². The molecule has 1 aliphatic heterocycles. The lowest BCUT2D eigenvalue weighted by atomic mass is 9.99. The number of carbonyl (C=O) groups is 3.